The lowest BCUT2D eigenvalue weighted by molar-refractivity contribution is 0.226. The van der Waals surface area contributed by atoms with Gasteiger partial charge in [0, 0.05) is 5.92 Å². The number of fused-ring (bicyclic) bond motifs is 1. The minimum atomic E-state index is 0.495. The summed E-state index contributed by atoms with van der Waals surface area (Å²) in [5.41, 5.74) is 8.22. The molecule has 0 aliphatic carbocycles. The molecule has 0 fully saturated rings. The summed E-state index contributed by atoms with van der Waals surface area (Å²) >= 11 is 0. The van der Waals surface area contributed by atoms with Crippen molar-refractivity contribution in [2.24, 2.45) is 11.7 Å². The quantitative estimate of drug-likeness (QED) is 0.705. The van der Waals surface area contributed by atoms with Crippen molar-refractivity contribution in [1.29, 1.82) is 0 Å². The van der Waals surface area contributed by atoms with Gasteiger partial charge in [-0.05, 0) is 31.5 Å². The van der Waals surface area contributed by atoms with E-state index in [-0.39, 0.29) is 0 Å². The number of aryl methyl sites for hydroxylation is 1. The van der Waals surface area contributed by atoms with Crippen LogP contribution in [0.1, 0.15) is 11.1 Å². The second-order valence-corrected chi connectivity index (χ2v) is 3.73. The Hall–Kier alpha value is -1.02. The Labute approximate surface area is 78.7 Å². The minimum Gasteiger partial charge on any atom is -0.493 e. The second kappa shape index (κ2) is 3.38. The smallest absolute Gasteiger partial charge is 0.122 e. The van der Waals surface area contributed by atoms with Crippen molar-refractivity contribution in [2.75, 3.05) is 13.2 Å². The standard InChI is InChI=1S/C11H15NO/c1-8-2-3-11-10(4-8)5-9(6-12)7-13-11/h2-4,9H,5-7,12H2,1H3. The Morgan fingerprint density at radius 1 is 1.54 bits per heavy atom. The van der Waals surface area contributed by atoms with E-state index in [0.29, 0.717) is 12.5 Å². The van der Waals surface area contributed by atoms with Crippen molar-refractivity contribution >= 4 is 0 Å². The van der Waals surface area contributed by atoms with Crippen molar-refractivity contribution in [1.82, 2.24) is 0 Å². The summed E-state index contributed by atoms with van der Waals surface area (Å²) in [5, 5.41) is 0. The van der Waals surface area contributed by atoms with Crippen LogP contribution in [0.5, 0.6) is 5.75 Å². The summed E-state index contributed by atoms with van der Waals surface area (Å²) in [4.78, 5) is 0. The third kappa shape index (κ3) is 1.68. The molecule has 1 aliphatic heterocycles. The summed E-state index contributed by atoms with van der Waals surface area (Å²) in [6.45, 7) is 3.59. The van der Waals surface area contributed by atoms with Crippen LogP contribution < -0.4 is 10.5 Å². The van der Waals surface area contributed by atoms with E-state index < -0.39 is 0 Å². The molecule has 1 aromatic carbocycles. The lowest BCUT2D eigenvalue weighted by Gasteiger charge is -2.24. The average Bonchev–Trinajstić information content (AvgIpc) is 2.16. The topological polar surface area (TPSA) is 35.2 Å². The van der Waals surface area contributed by atoms with Crippen LogP contribution in [-0.4, -0.2) is 13.2 Å². The SMILES string of the molecule is Cc1ccc2c(c1)CC(CN)CO2. The normalized spacial score (nSPS) is 20.6. The number of hydrogen-bond donors (Lipinski definition) is 1. The van der Waals surface area contributed by atoms with Gasteiger partial charge in [0.15, 0.2) is 0 Å². The second-order valence-electron chi connectivity index (χ2n) is 3.73. The highest BCUT2D eigenvalue weighted by Crippen LogP contribution is 2.27. The maximum absolute atomic E-state index is 5.62. The van der Waals surface area contributed by atoms with Crippen LogP contribution in [0.15, 0.2) is 18.2 Å². The van der Waals surface area contributed by atoms with E-state index in [1.807, 2.05) is 0 Å². The van der Waals surface area contributed by atoms with Crippen molar-refractivity contribution in [3.8, 4) is 5.75 Å². The minimum absolute atomic E-state index is 0.495. The summed E-state index contributed by atoms with van der Waals surface area (Å²) in [6, 6.07) is 6.33. The molecule has 0 amide bonds. The predicted octanol–water partition coefficient (Wildman–Crippen LogP) is 1.50. The van der Waals surface area contributed by atoms with Gasteiger partial charge in [-0.2, -0.15) is 0 Å². The van der Waals surface area contributed by atoms with Gasteiger partial charge in [-0.25, -0.2) is 0 Å². The van der Waals surface area contributed by atoms with Gasteiger partial charge < -0.3 is 10.5 Å². The largest absolute Gasteiger partial charge is 0.493 e. The number of benzene rings is 1. The predicted molar refractivity (Wildman–Crippen MR) is 52.9 cm³/mol. The van der Waals surface area contributed by atoms with Crippen LogP contribution in [-0.2, 0) is 6.42 Å². The zero-order chi connectivity index (χ0) is 9.26. The highest BCUT2D eigenvalue weighted by molar-refractivity contribution is 5.38. The summed E-state index contributed by atoms with van der Waals surface area (Å²) in [5.74, 6) is 1.53. The van der Waals surface area contributed by atoms with E-state index in [2.05, 4.69) is 25.1 Å². The van der Waals surface area contributed by atoms with Gasteiger partial charge in [0.2, 0.25) is 0 Å². The maximum Gasteiger partial charge on any atom is 0.122 e. The molecule has 13 heavy (non-hydrogen) atoms. The van der Waals surface area contributed by atoms with Gasteiger partial charge in [0.25, 0.3) is 0 Å². The number of hydrogen-bond acceptors (Lipinski definition) is 2. The third-order valence-electron chi connectivity index (χ3n) is 2.53. The molecular formula is C11H15NO. The van der Waals surface area contributed by atoms with Crippen molar-refractivity contribution in [3.63, 3.8) is 0 Å². The molecule has 1 atom stereocenters. The molecule has 70 valence electrons. The number of ether oxygens (including phenoxy) is 1. The first kappa shape index (κ1) is 8.57. The molecule has 1 unspecified atom stereocenters. The van der Waals surface area contributed by atoms with Gasteiger partial charge in [0.05, 0.1) is 6.61 Å². The number of rotatable bonds is 1. The van der Waals surface area contributed by atoms with E-state index in [9.17, 15) is 0 Å². The van der Waals surface area contributed by atoms with Gasteiger partial charge >= 0.3 is 0 Å². The average molecular weight is 177 g/mol. The Bertz CT molecular complexity index is 309. The lowest BCUT2D eigenvalue weighted by Crippen LogP contribution is -2.27. The van der Waals surface area contributed by atoms with Crippen LogP contribution >= 0.6 is 0 Å². The molecular weight excluding hydrogens is 162 g/mol. The molecule has 0 aromatic heterocycles. The van der Waals surface area contributed by atoms with E-state index in [1.165, 1.54) is 11.1 Å². The maximum atomic E-state index is 5.62. The molecule has 0 spiro atoms. The first-order valence-electron chi connectivity index (χ1n) is 4.72. The first-order valence-corrected chi connectivity index (χ1v) is 4.72. The number of nitrogens with two attached hydrogens (primary N) is 1. The fourth-order valence-corrected chi connectivity index (χ4v) is 1.74. The molecule has 2 rings (SSSR count). The van der Waals surface area contributed by atoms with Crippen LogP contribution in [0.2, 0.25) is 0 Å². The van der Waals surface area contributed by atoms with Gasteiger partial charge in [-0.3, -0.25) is 0 Å². The van der Waals surface area contributed by atoms with Crippen LogP contribution in [0.4, 0.5) is 0 Å². The zero-order valence-electron chi connectivity index (χ0n) is 7.92. The van der Waals surface area contributed by atoms with Gasteiger partial charge in [-0.15, -0.1) is 0 Å². The Kier molecular flexibility index (Phi) is 2.23. The fourth-order valence-electron chi connectivity index (χ4n) is 1.74. The molecule has 2 nitrogen and oxygen atoms in total. The van der Waals surface area contributed by atoms with Crippen molar-refractivity contribution < 1.29 is 4.74 Å². The van der Waals surface area contributed by atoms with E-state index >= 15 is 0 Å². The molecule has 2 N–H and O–H groups in total. The Morgan fingerprint density at radius 3 is 3.15 bits per heavy atom. The first-order chi connectivity index (χ1) is 6.29. The van der Waals surface area contributed by atoms with Crippen molar-refractivity contribution in [2.45, 2.75) is 13.3 Å². The highest BCUT2D eigenvalue weighted by Gasteiger charge is 2.18. The zero-order valence-corrected chi connectivity index (χ0v) is 7.92. The molecule has 0 saturated heterocycles. The molecule has 1 aliphatic rings. The fraction of sp³-hybridized carbons (Fsp3) is 0.455. The lowest BCUT2D eigenvalue weighted by atomic mass is 9.96. The molecule has 0 saturated carbocycles. The van der Waals surface area contributed by atoms with Crippen LogP contribution in [0.25, 0.3) is 0 Å². The van der Waals surface area contributed by atoms with Crippen LogP contribution in [0, 0.1) is 12.8 Å². The molecule has 1 aromatic rings. The summed E-state index contributed by atoms with van der Waals surface area (Å²) < 4.78 is 5.60. The summed E-state index contributed by atoms with van der Waals surface area (Å²) in [6.07, 6.45) is 1.06. The molecule has 1 heterocycles. The Morgan fingerprint density at radius 2 is 2.38 bits per heavy atom. The third-order valence-corrected chi connectivity index (χ3v) is 2.53. The van der Waals surface area contributed by atoms with Crippen LogP contribution in [0.3, 0.4) is 0 Å². The van der Waals surface area contributed by atoms with E-state index in [4.69, 9.17) is 10.5 Å². The van der Waals surface area contributed by atoms with E-state index in [1.54, 1.807) is 0 Å². The van der Waals surface area contributed by atoms with Crippen molar-refractivity contribution in [3.05, 3.63) is 29.3 Å². The van der Waals surface area contributed by atoms with Gasteiger partial charge in [0.1, 0.15) is 5.75 Å². The molecule has 0 radical (unpaired) electrons. The Balaban J connectivity index is 2.27. The monoisotopic (exact) mass is 177 g/mol. The molecule has 2 heteroatoms. The van der Waals surface area contributed by atoms with Gasteiger partial charge in [-0.1, -0.05) is 17.7 Å². The molecule has 0 bridgehead atoms. The highest BCUT2D eigenvalue weighted by atomic mass is 16.5. The summed E-state index contributed by atoms with van der Waals surface area (Å²) in [7, 11) is 0. The van der Waals surface area contributed by atoms with E-state index in [0.717, 1.165) is 18.8 Å².